The molecule has 0 aliphatic rings. The first-order valence-electron chi connectivity index (χ1n) is 7.13. The highest BCUT2D eigenvalue weighted by molar-refractivity contribution is 6.30. The first-order valence-corrected chi connectivity index (χ1v) is 7.51. The lowest BCUT2D eigenvalue weighted by molar-refractivity contribution is -0.115. The number of fused-ring (bicyclic) bond motifs is 1. The van der Waals surface area contributed by atoms with Crippen molar-refractivity contribution in [2.24, 2.45) is 0 Å². The van der Waals surface area contributed by atoms with Crippen LogP contribution in [0.1, 0.15) is 18.9 Å². The molecule has 0 aliphatic heterocycles. The highest BCUT2D eigenvalue weighted by Gasteiger charge is 2.15. The van der Waals surface area contributed by atoms with Crippen LogP contribution < -0.4 is 5.32 Å². The summed E-state index contributed by atoms with van der Waals surface area (Å²) < 4.78 is 1.89. The summed E-state index contributed by atoms with van der Waals surface area (Å²) >= 11 is 5.95. The van der Waals surface area contributed by atoms with E-state index in [0.29, 0.717) is 17.3 Å². The molecule has 0 aliphatic carbocycles. The Balaban J connectivity index is 2.20. The molecule has 22 heavy (non-hydrogen) atoms. The Kier molecular flexibility index (Phi) is 3.86. The molecule has 0 atom stereocenters. The number of aromatic nitrogens is 2. The summed E-state index contributed by atoms with van der Waals surface area (Å²) in [6, 6.07) is 11.4. The maximum atomic E-state index is 11.9. The minimum atomic E-state index is -0.0439. The fourth-order valence-electron chi connectivity index (χ4n) is 2.30. The van der Waals surface area contributed by atoms with Crippen molar-refractivity contribution >= 4 is 29.0 Å². The molecule has 3 aromatic rings. The molecule has 112 valence electrons. The Hall–Kier alpha value is -2.33. The number of benzene rings is 1. The van der Waals surface area contributed by atoms with Crippen LogP contribution in [0.15, 0.2) is 42.6 Å². The van der Waals surface area contributed by atoms with Crippen LogP contribution in [0.25, 0.3) is 16.9 Å². The summed E-state index contributed by atoms with van der Waals surface area (Å²) in [6.45, 7) is 3.84. The van der Waals surface area contributed by atoms with Crippen molar-refractivity contribution in [3.05, 3.63) is 53.2 Å². The summed E-state index contributed by atoms with van der Waals surface area (Å²) in [4.78, 5) is 16.5. The van der Waals surface area contributed by atoms with Crippen LogP contribution in [-0.4, -0.2) is 15.3 Å². The van der Waals surface area contributed by atoms with Crippen molar-refractivity contribution in [3.63, 3.8) is 0 Å². The fourth-order valence-corrected chi connectivity index (χ4v) is 2.42. The van der Waals surface area contributed by atoms with E-state index >= 15 is 0 Å². The average Bonchev–Trinajstić information content (AvgIpc) is 2.85. The Bertz CT molecular complexity index is 837. The van der Waals surface area contributed by atoms with Gasteiger partial charge >= 0.3 is 0 Å². The van der Waals surface area contributed by atoms with Gasteiger partial charge in [-0.25, -0.2) is 4.98 Å². The van der Waals surface area contributed by atoms with Crippen LogP contribution in [0.4, 0.5) is 5.82 Å². The number of nitrogens with one attached hydrogen (secondary N) is 1. The number of pyridine rings is 1. The molecule has 0 saturated carbocycles. The molecule has 0 unspecified atom stereocenters. The maximum absolute atomic E-state index is 11.9. The first-order chi connectivity index (χ1) is 10.6. The molecule has 0 fully saturated rings. The van der Waals surface area contributed by atoms with E-state index in [1.54, 1.807) is 0 Å². The van der Waals surface area contributed by atoms with E-state index in [4.69, 9.17) is 11.6 Å². The Morgan fingerprint density at radius 1 is 1.27 bits per heavy atom. The molecule has 1 aromatic carbocycles. The molecule has 1 amide bonds. The van der Waals surface area contributed by atoms with E-state index in [2.05, 4.69) is 10.3 Å². The van der Waals surface area contributed by atoms with E-state index in [0.717, 1.165) is 22.5 Å². The summed E-state index contributed by atoms with van der Waals surface area (Å²) in [6.07, 6.45) is 2.33. The average molecular weight is 314 g/mol. The Morgan fingerprint density at radius 2 is 2.00 bits per heavy atom. The number of anilines is 1. The summed E-state index contributed by atoms with van der Waals surface area (Å²) in [5.41, 5.74) is 3.58. The predicted octanol–water partition coefficient (Wildman–Crippen LogP) is 4.31. The van der Waals surface area contributed by atoms with Crippen LogP contribution in [0.3, 0.4) is 0 Å². The zero-order valence-corrected chi connectivity index (χ0v) is 13.2. The molecule has 2 aromatic heterocycles. The van der Waals surface area contributed by atoms with Gasteiger partial charge in [-0.15, -0.1) is 0 Å². The van der Waals surface area contributed by atoms with Crippen molar-refractivity contribution in [2.75, 3.05) is 5.32 Å². The number of amides is 1. The predicted molar refractivity (Wildman–Crippen MR) is 89.3 cm³/mol. The van der Waals surface area contributed by atoms with Gasteiger partial charge in [0.05, 0.1) is 0 Å². The third kappa shape index (κ3) is 2.70. The molecule has 4 nitrogen and oxygen atoms in total. The second-order valence-electron chi connectivity index (χ2n) is 5.15. The second kappa shape index (κ2) is 5.81. The maximum Gasteiger partial charge on any atom is 0.225 e. The molecular weight excluding hydrogens is 298 g/mol. The largest absolute Gasteiger partial charge is 0.310 e. The van der Waals surface area contributed by atoms with Gasteiger partial charge in [-0.2, -0.15) is 0 Å². The molecule has 0 radical (unpaired) electrons. The van der Waals surface area contributed by atoms with Gasteiger partial charge in [-0.3, -0.25) is 9.20 Å². The minimum Gasteiger partial charge on any atom is -0.310 e. The molecule has 3 rings (SSSR count). The number of nitrogens with zero attached hydrogens (tertiary/aromatic N) is 2. The van der Waals surface area contributed by atoms with Crippen LogP contribution in [0, 0.1) is 6.92 Å². The molecule has 0 spiro atoms. The number of carbonyl (C=O) groups is 1. The number of hydrogen-bond acceptors (Lipinski definition) is 2. The number of halogens is 1. The van der Waals surface area contributed by atoms with Crippen molar-refractivity contribution in [1.82, 2.24) is 9.38 Å². The third-order valence-electron chi connectivity index (χ3n) is 3.48. The third-order valence-corrected chi connectivity index (χ3v) is 3.73. The first kappa shape index (κ1) is 14.6. The standard InChI is InChI=1S/C17H16ClN3O/c1-3-15(22)20-17-16(12-4-6-13(18)7-5-12)19-14-10-11(2)8-9-21(14)17/h4-10H,3H2,1-2H3,(H,20,22). The lowest BCUT2D eigenvalue weighted by Gasteiger charge is -2.07. The summed E-state index contributed by atoms with van der Waals surface area (Å²) in [7, 11) is 0. The molecule has 5 heteroatoms. The fraction of sp³-hybridized carbons (Fsp3) is 0.176. The summed E-state index contributed by atoms with van der Waals surface area (Å²) in [5, 5.41) is 3.61. The lowest BCUT2D eigenvalue weighted by atomic mass is 10.1. The molecular formula is C17H16ClN3O. The molecule has 0 bridgehead atoms. The van der Waals surface area contributed by atoms with Crippen molar-refractivity contribution in [1.29, 1.82) is 0 Å². The van der Waals surface area contributed by atoms with Crippen LogP contribution in [0.2, 0.25) is 5.02 Å². The molecule has 1 N–H and O–H groups in total. The highest BCUT2D eigenvalue weighted by Crippen LogP contribution is 2.30. The van der Waals surface area contributed by atoms with Crippen LogP contribution in [0.5, 0.6) is 0 Å². The SMILES string of the molecule is CCC(=O)Nc1c(-c2ccc(Cl)cc2)nc2cc(C)ccn12. The quantitative estimate of drug-likeness (QED) is 0.783. The smallest absolute Gasteiger partial charge is 0.225 e. The van der Waals surface area contributed by atoms with Crippen LogP contribution in [-0.2, 0) is 4.79 Å². The van der Waals surface area contributed by atoms with Gasteiger partial charge < -0.3 is 5.32 Å². The monoisotopic (exact) mass is 313 g/mol. The highest BCUT2D eigenvalue weighted by atomic mass is 35.5. The second-order valence-corrected chi connectivity index (χ2v) is 5.59. The van der Waals surface area contributed by atoms with Gasteiger partial charge in [0.1, 0.15) is 17.2 Å². The van der Waals surface area contributed by atoms with E-state index in [1.165, 1.54) is 0 Å². The minimum absolute atomic E-state index is 0.0439. The van der Waals surface area contributed by atoms with Gasteiger partial charge in [-0.05, 0) is 36.8 Å². The topological polar surface area (TPSA) is 46.4 Å². The lowest BCUT2D eigenvalue weighted by Crippen LogP contribution is -2.12. The van der Waals surface area contributed by atoms with Gasteiger partial charge in [0.2, 0.25) is 5.91 Å². The molecule has 2 heterocycles. The number of carbonyl (C=O) groups excluding carboxylic acids is 1. The summed E-state index contributed by atoms with van der Waals surface area (Å²) in [5.74, 6) is 0.641. The van der Waals surface area contributed by atoms with Crippen LogP contribution >= 0.6 is 11.6 Å². The van der Waals surface area contributed by atoms with Gasteiger partial charge in [0.25, 0.3) is 0 Å². The van der Waals surface area contributed by atoms with Crippen molar-refractivity contribution in [3.8, 4) is 11.3 Å². The number of imidazole rings is 1. The van der Waals surface area contributed by atoms with E-state index in [1.807, 2.05) is 60.8 Å². The molecule has 0 saturated heterocycles. The normalized spacial score (nSPS) is 10.9. The van der Waals surface area contributed by atoms with Crippen molar-refractivity contribution < 1.29 is 4.79 Å². The van der Waals surface area contributed by atoms with E-state index in [9.17, 15) is 4.79 Å². The van der Waals surface area contributed by atoms with E-state index < -0.39 is 0 Å². The van der Waals surface area contributed by atoms with Crippen molar-refractivity contribution in [2.45, 2.75) is 20.3 Å². The van der Waals surface area contributed by atoms with Gasteiger partial charge in [0.15, 0.2) is 0 Å². The Labute approximate surface area is 133 Å². The zero-order valence-electron chi connectivity index (χ0n) is 12.4. The number of aryl methyl sites for hydroxylation is 1. The van der Waals surface area contributed by atoms with E-state index in [-0.39, 0.29) is 5.91 Å². The number of rotatable bonds is 3. The number of hydrogen-bond donors (Lipinski definition) is 1. The van der Waals surface area contributed by atoms with Gasteiger partial charge in [0, 0.05) is 23.2 Å². The van der Waals surface area contributed by atoms with Gasteiger partial charge in [-0.1, -0.05) is 30.7 Å². The zero-order chi connectivity index (χ0) is 15.7. The Morgan fingerprint density at radius 3 is 2.68 bits per heavy atom.